The summed E-state index contributed by atoms with van der Waals surface area (Å²) in [5.41, 5.74) is 1.82. The molecule has 11 heteroatoms. The van der Waals surface area contributed by atoms with E-state index < -0.39 is 21.8 Å². The zero-order valence-corrected chi connectivity index (χ0v) is 19.7. The van der Waals surface area contributed by atoms with E-state index in [1.165, 1.54) is 42.2 Å². The topological polar surface area (TPSA) is 89.8 Å². The molecule has 0 radical (unpaired) electrons. The molecule has 1 heterocycles. The maximum absolute atomic E-state index is 14.0. The fourth-order valence-electron chi connectivity index (χ4n) is 3.57. The van der Waals surface area contributed by atoms with Gasteiger partial charge in [-0.3, -0.25) is 0 Å². The number of hydrogen-bond donors (Lipinski definition) is 1. The second-order valence-corrected chi connectivity index (χ2v) is 9.91. The van der Waals surface area contributed by atoms with E-state index in [2.05, 4.69) is 20.1 Å². The molecule has 0 spiro atoms. The molecule has 0 saturated heterocycles. The lowest BCUT2D eigenvalue weighted by Gasteiger charge is -2.13. The molecule has 0 fully saturated rings. The van der Waals surface area contributed by atoms with E-state index >= 15 is 0 Å². The number of benzene rings is 3. The summed E-state index contributed by atoms with van der Waals surface area (Å²) in [7, 11) is -2.48. The first-order valence-corrected chi connectivity index (χ1v) is 12.1. The van der Waals surface area contributed by atoms with Crippen LogP contribution in [0, 0.1) is 5.82 Å². The third-order valence-electron chi connectivity index (χ3n) is 5.45. The van der Waals surface area contributed by atoms with Gasteiger partial charge in [0.1, 0.15) is 5.82 Å². The van der Waals surface area contributed by atoms with Crippen LogP contribution in [0.15, 0.2) is 71.6 Å². The second-order valence-electron chi connectivity index (χ2n) is 8.03. The maximum atomic E-state index is 14.0. The van der Waals surface area contributed by atoms with E-state index in [9.17, 15) is 21.6 Å². The number of rotatable bonds is 8. The van der Waals surface area contributed by atoms with E-state index in [0.717, 1.165) is 6.92 Å². The van der Waals surface area contributed by atoms with E-state index in [4.69, 9.17) is 0 Å². The Hall–Kier alpha value is -3.57. The van der Waals surface area contributed by atoms with E-state index in [-0.39, 0.29) is 29.2 Å². The normalized spacial score (nSPS) is 12.1. The molecule has 3 aromatic carbocycles. The van der Waals surface area contributed by atoms with Crippen molar-refractivity contribution >= 4 is 10.0 Å². The van der Waals surface area contributed by atoms with Crippen LogP contribution in [-0.2, 0) is 28.9 Å². The number of halogens is 3. The molecule has 1 N–H and O–H groups in total. The maximum Gasteiger partial charge on any atom is 0.270 e. The fraction of sp³-hybridized carbons (Fsp3) is 0.208. The van der Waals surface area contributed by atoms with Gasteiger partial charge in [0.05, 0.1) is 11.4 Å². The predicted molar refractivity (Wildman–Crippen MR) is 124 cm³/mol. The molecule has 4 aromatic rings. The average molecular weight is 502 g/mol. The summed E-state index contributed by atoms with van der Waals surface area (Å²) in [6.45, 7) is 0.851. The molecular weight excluding hydrogens is 479 g/mol. The first kappa shape index (κ1) is 24.6. The van der Waals surface area contributed by atoms with Crippen LogP contribution in [0.2, 0.25) is 0 Å². The summed E-state index contributed by atoms with van der Waals surface area (Å²) in [5, 5.41) is 12.3. The van der Waals surface area contributed by atoms with Gasteiger partial charge in [0, 0.05) is 23.6 Å². The van der Waals surface area contributed by atoms with Crippen molar-refractivity contribution in [2.45, 2.75) is 30.7 Å². The monoisotopic (exact) mass is 501 g/mol. The number of hydrogen-bond acceptors (Lipinski definition) is 5. The van der Waals surface area contributed by atoms with Crippen molar-refractivity contribution in [2.24, 2.45) is 0 Å². The first-order chi connectivity index (χ1) is 16.6. The van der Waals surface area contributed by atoms with E-state index in [0.29, 0.717) is 22.3 Å². The Bertz CT molecular complexity index is 1470. The third kappa shape index (κ3) is 5.57. The van der Waals surface area contributed by atoms with Crippen LogP contribution < -0.4 is 4.72 Å². The summed E-state index contributed by atoms with van der Waals surface area (Å²) in [5.74, 6) is -3.29. The molecule has 7 nitrogen and oxygen atoms in total. The molecule has 4 rings (SSSR count). The van der Waals surface area contributed by atoms with Gasteiger partial charge in [-0.05, 0) is 54.1 Å². The molecule has 0 aliphatic carbocycles. The van der Waals surface area contributed by atoms with E-state index in [1.54, 1.807) is 36.4 Å². The predicted octanol–water partition coefficient (Wildman–Crippen LogP) is 4.14. The van der Waals surface area contributed by atoms with Gasteiger partial charge < -0.3 is 0 Å². The van der Waals surface area contributed by atoms with Crippen LogP contribution in [0.1, 0.15) is 29.2 Å². The molecule has 0 aliphatic heterocycles. The van der Waals surface area contributed by atoms with Crippen LogP contribution >= 0.6 is 0 Å². The lowest BCUT2D eigenvalue weighted by atomic mass is 9.97. The van der Waals surface area contributed by atoms with E-state index in [1.807, 2.05) is 0 Å². The second kappa shape index (κ2) is 9.59. The molecule has 0 atom stereocenters. The number of nitrogens with one attached hydrogen (secondary N) is 1. The Morgan fingerprint density at radius 1 is 1.00 bits per heavy atom. The standard InChI is InChI=1S/C24H22F3N5O2S/c1-24(26,27)19-8-5-6-16(13-19)12-17-10-11-20(35(33,34)28-2)14-21(17)23-29-31-32(30-23)15-18-7-3-4-9-22(18)25/h3-11,13-14,28H,12,15H2,1-2H3. The number of alkyl halides is 2. The van der Waals surface area contributed by atoms with Gasteiger partial charge in [-0.2, -0.15) is 4.80 Å². The Morgan fingerprint density at radius 3 is 2.49 bits per heavy atom. The zero-order chi connectivity index (χ0) is 25.2. The molecule has 0 bridgehead atoms. The van der Waals surface area contributed by atoms with Gasteiger partial charge in [0.25, 0.3) is 5.92 Å². The number of tetrazole rings is 1. The Labute approximate surface area is 200 Å². The summed E-state index contributed by atoms with van der Waals surface area (Å²) >= 11 is 0. The summed E-state index contributed by atoms with van der Waals surface area (Å²) in [6.07, 6.45) is 0.223. The SMILES string of the molecule is CNS(=O)(=O)c1ccc(Cc2cccc(C(C)(F)F)c2)c(-c2nnn(Cc3ccccc3F)n2)c1. The molecule has 0 unspecified atom stereocenters. The van der Waals surface area contributed by atoms with Crippen LogP contribution in [0.3, 0.4) is 0 Å². The quantitative estimate of drug-likeness (QED) is 0.392. The zero-order valence-electron chi connectivity index (χ0n) is 18.9. The van der Waals surface area contributed by atoms with Crippen molar-refractivity contribution in [1.29, 1.82) is 0 Å². The summed E-state index contributed by atoms with van der Waals surface area (Å²) in [6, 6.07) is 16.6. The summed E-state index contributed by atoms with van der Waals surface area (Å²) < 4.78 is 68.7. The van der Waals surface area contributed by atoms with Gasteiger partial charge in [-0.25, -0.2) is 26.3 Å². The van der Waals surface area contributed by atoms with Crippen LogP contribution in [0.4, 0.5) is 13.2 Å². The highest BCUT2D eigenvalue weighted by atomic mass is 32.2. The largest absolute Gasteiger partial charge is 0.270 e. The van der Waals surface area contributed by atoms with Gasteiger partial charge in [0.2, 0.25) is 15.8 Å². The number of nitrogens with zero attached hydrogens (tertiary/aromatic N) is 4. The third-order valence-corrected chi connectivity index (χ3v) is 6.86. The van der Waals surface area contributed by atoms with Crippen molar-refractivity contribution in [3.63, 3.8) is 0 Å². The van der Waals surface area contributed by atoms with Gasteiger partial charge in [-0.1, -0.05) is 42.5 Å². The molecule has 35 heavy (non-hydrogen) atoms. The van der Waals surface area contributed by atoms with Crippen molar-refractivity contribution in [3.8, 4) is 11.4 Å². The van der Waals surface area contributed by atoms with Crippen molar-refractivity contribution < 1.29 is 21.6 Å². The minimum absolute atomic E-state index is 0.0157. The highest BCUT2D eigenvalue weighted by Gasteiger charge is 2.24. The average Bonchev–Trinajstić information content (AvgIpc) is 3.29. The minimum Gasteiger partial charge on any atom is -0.214 e. The molecular formula is C24H22F3N5O2S. The molecule has 182 valence electrons. The number of aromatic nitrogens is 4. The fourth-order valence-corrected chi connectivity index (χ4v) is 4.33. The smallest absolute Gasteiger partial charge is 0.214 e. The highest BCUT2D eigenvalue weighted by molar-refractivity contribution is 7.89. The first-order valence-electron chi connectivity index (χ1n) is 10.6. The highest BCUT2D eigenvalue weighted by Crippen LogP contribution is 2.30. The Morgan fingerprint density at radius 2 is 1.77 bits per heavy atom. The summed E-state index contributed by atoms with van der Waals surface area (Å²) in [4.78, 5) is 1.19. The molecule has 0 saturated carbocycles. The number of sulfonamides is 1. The minimum atomic E-state index is -3.77. The van der Waals surface area contributed by atoms with Crippen LogP contribution in [0.25, 0.3) is 11.4 Å². The van der Waals surface area contributed by atoms with Crippen molar-refractivity contribution in [1.82, 2.24) is 24.9 Å². The molecule has 0 aliphatic rings. The molecule has 1 aromatic heterocycles. The Balaban J connectivity index is 1.74. The lowest BCUT2D eigenvalue weighted by molar-refractivity contribution is 0.0174. The van der Waals surface area contributed by atoms with Gasteiger partial charge in [0.15, 0.2) is 0 Å². The van der Waals surface area contributed by atoms with Gasteiger partial charge >= 0.3 is 0 Å². The van der Waals surface area contributed by atoms with Gasteiger partial charge in [-0.15, -0.1) is 10.2 Å². The molecule has 0 amide bonds. The van der Waals surface area contributed by atoms with Crippen molar-refractivity contribution in [3.05, 3.63) is 94.8 Å². The van der Waals surface area contributed by atoms with Crippen LogP contribution in [0.5, 0.6) is 0 Å². The van der Waals surface area contributed by atoms with Crippen molar-refractivity contribution in [2.75, 3.05) is 7.05 Å². The Kier molecular flexibility index (Phi) is 6.73. The lowest BCUT2D eigenvalue weighted by Crippen LogP contribution is -2.18. The van der Waals surface area contributed by atoms with Crippen LogP contribution in [-0.4, -0.2) is 35.7 Å².